The number of benzene rings is 2. The molecule has 0 spiro atoms. The molecule has 5 heteroatoms. The molecular weight excluding hydrogens is 308 g/mol. The van der Waals surface area contributed by atoms with Crippen LogP contribution in [0, 0.1) is 13.8 Å². The number of aromatic nitrogens is 1. The van der Waals surface area contributed by atoms with E-state index in [9.17, 15) is 9.90 Å². The molecule has 0 unspecified atom stereocenters. The summed E-state index contributed by atoms with van der Waals surface area (Å²) in [6.07, 6.45) is 0. The Morgan fingerprint density at radius 3 is 2.70 bits per heavy atom. The minimum absolute atomic E-state index is 0.0612. The van der Waals surface area contributed by atoms with Gasteiger partial charge in [-0.15, -0.1) is 11.3 Å². The van der Waals surface area contributed by atoms with Crippen LogP contribution in [0.1, 0.15) is 26.5 Å². The highest BCUT2D eigenvalue weighted by atomic mass is 32.1. The summed E-state index contributed by atoms with van der Waals surface area (Å²) < 4.78 is 1.11. The summed E-state index contributed by atoms with van der Waals surface area (Å²) >= 11 is 1.58. The van der Waals surface area contributed by atoms with Crippen molar-refractivity contribution in [2.24, 2.45) is 0 Å². The monoisotopic (exact) mass is 326 g/mol. The van der Waals surface area contributed by atoms with Crippen LogP contribution in [0.5, 0.6) is 5.75 Å². The number of nitrogens with zero attached hydrogens (tertiary/aromatic N) is 2. The van der Waals surface area contributed by atoms with Crippen molar-refractivity contribution in [3.05, 3.63) is 58.1 Å². The Morgan fingerprint density at radius 2 is 1.96 bits per heavy atom. The van der Waals surface area contributed by atoms with Gasteiger partial charge in [-0.3, -0.25) is 4.79 Å². The standard InChI is InChI=1S/C18H18N2O2S/c1-11-8-9-13(17(21)12(11)2)18(22)20(3)10-16-19-14-6-4-5-7-15(14)23-16/h4-9,21H,10H2,1-3H3. The zero-order valence-electron chi connectivity index (χ0n) is 13.3. The van der Waals surface area contributed by atoms with Crippen LogP contribution in [0.15, 0.2) is 36.4 Å². The summed E-state index contributed by atoms with van der Waals surface area (Å²) in [5.74, 6) is -0.143. The second kappa shape index (κ2) is 6.01. The molecule has 0 saturated carbocycles. The lowest BCUT2D eigenvalue weighted by Crippen LogP contribution is -2.26. The summed E-state index contributed by atoms with van der Waals surface area (Å²) in [4.78, 5) is 18.7. The van der Waals surface area contributed by atoms with Gasteiger partial charge in [0.15, 0.2) is 0 Å². The van der Waals surface area contributed by atoms with Crippen molar-refractivity contribution in [2.45, 2.75) is 20.4 Å². The topological polar surface area (TPSA) is 53.4 Å². The van der Waals surface area contributed by atoms with Gasteiger partial charge < -0.3 is 10.0 Å². The van der Waals surface area contributed by atoms with Gasteiger partial charge in [0.05, 0.1) is 22.3 Å². The lowest BCUT2D eigenvalue weighted by atomic mass is 10.0. The van der Waals surface area contributed by atoms with Crippen LogP contribution >= 0.6 is 11.3 Å². The van der Waals surface area contributed by atoms with Gasteiger partial charge in [0.2, 0.25) is 0 Å². The van der Waals surface area contributed by atoms with Gasteiger partial charge in [-0.2, -0.15) is 0 Å². The summed E-state index contributed by atoms with van der Waals surface area (Å²) in [7, 11) is 1.73. The SMILES string of the molecule is Cc1ccc(C(=O)N(C)Cc2nc3ccccc3s2)c(O)c1C. The molecule has 3 rings (SSSR count). The van der Waals surface area contributed by atoms with Crippen LogP contribution in [-0.2, 0) is 6.54 Å². The molecular formula is C18H18N2O2S. The Balaban J connectivity index is 1.84. The molecule has 23 heavy (non-hydrogen) atoms. The second-order valence-corrected chi connectivity index (χ2v) is 6.76. The van der Waals surface area contributed by atoms with Crippen molar-refractivity contribution < 1.29 is 9.90 Å². The number of hydrogen-bond donors (Lipinski definition) is 1. The molecule has 0 aliphatic rings. The van der Waals surface area contributed by atoms with Crippen molar-refractivity contribution in [3.63, 3.8) is 0 Å². The number of aromatic hydroxyl groups is 1. The average Bonchev–Trinajstić information content (AvgIpc) is 2.94. The first-order valence-electron chi connectivity index (χ1n) is 7.36. The third kappa shape index (κ3) is 2.92. The van der Waals surface area contributed by atoms with Crippen LogP contribution < -0.4 is 0 Å². The Hall–Kier alpha value is -2.40. The van der Waals surface area contributed by atoms with E-state index in [-0.39, 0.29) is 11.7 Å². The summed E-state index contributed by atoms with van der Waals surface area (Å²) in [5, 5.41) is 11.1. The molecule has 3 aromatic rings. The van der Waals surface area contributed by atoms with Crippen LogP contribution in [0.2, 0.25) is 0 Å². The van der Waals surface area contributed by atoms with Gasteiger partial charge in [-0.25, -0.2) is 4.98 Å². The normalized spacial score (nSPS) is 10.9. The van der Waals surface area contributed by atoms with Crippen LogP contribution in [0.4, 0.5) is 0 Å². The number of amides is 1. The predicted molar refractivity (Wildman–Crippen MR) is 93.0 cm³/mol. The predicted octanol–water partition coefficient (Wildman–Crippen LogP) is 3.89. The molecule has 2 aromatic carbocycles. The maximum absolute atomic E-state index is 12.6. The number of phenolic OH excluding ortho intramolecular Hbond substituents is 1. The summed E-state index contributed by atoms with van der Waals surface area (Å²) in [6.45, 7) is 4.15. The minimum Gasteiger partial charge on any atom is -0.507 e. The highest BCUT2D eigenvalue weighted by molar-refractivity contribution is 7.18. The van der Waals surface area contributed by atoms with E-state index in [1.807, 2.05) is 44.2 Å². The molecule has 1 N–H and O–H groups in total. The summed E-state index contributed by atoms with van der Waals surface area (Å²) in [5.41, 5.74) is 2.98. The van der Waals surface area contributed by atoms with Crippen LogP contribution in [-0.4, -0.2) is 27.9 Å². The van der Waals surface area contributed by atoms with E-state index in [4.69, 9.17) is 0 Å². The molecule has 0 saturated heterocycles. The van der Waals surface area contributed by atoms with Crippen molar-refractivity contribution in [3.8, 4) is 5.75 Å². The molecule has 0 aliphatic carbocycles. The van der Waals surface area contributed by atoms with E-state index in [0.717, 1.165) is 26.4 Å². The van der Waals surface area contributed by atoms with E-state index in [1.54, 1.807) is 29.4 Å². The number of carbonyl (C=O) groups is 1. The highest BCUT2D eigenvalue weighted by Crippen LogP contribution is 2.27. The molecule has 0 aliphatic heterocycles. The van der Waals surface area contributed by atoms with E-state index >= 15 is 0 Å². The Labute approximate surface area is 139 Å². The first-order valence-corrected chi connectivity index (χ1v) is 8.18. The zero-order valence-corrected chi connectivity index (χ0v) is 14.1. The molecule has 4 nitrogen and oxygen atoms in total. The first kappa shape index (κ1) is 15.5. The number of aryl methyl sites for hydroxylation is 1. The number of hydrogen-bond acceptors (Lipinski definition) is 4. The number of phenols is 1. The number of fused-ring (bicyclic) bond motifs is 1. The largest absolute Gasteiger partial charge is 0.507 e. The van der Waals surface area contributed by atoms with E-state index < -0.39 is 0 Å². The highest BCUT2D eigenvalue weighted by Gasteiger charge is 2.19. The van der Waals surface area contributed by atoms with Gasteiger partial charge in [0, 0.05) is 7.05 Å². The van der Waals surface area contributed by atoms with Gasteiger partial charge in [-0.05, 0) is 43.2 Å². The van der Waals surface area contributed by atoms with Crippen molar-refractivity contribution in [1.82, 2.24) is 9.88 Å². The third-order valence-electron chi connectivity index (χ3n) is 3.99. The van der Waals surface area contributed by atoms with Gasteiger partial charge in [0.1, 0.15) is 10.8 Å². The smallest absolute Gasteiger partial charge is 0.257 e. The molecule has 0 fully saturated rings. The van der Waals surface area contributed by atoms with E-state index in [2.05, 4.69) is 4.98 Å². The van der Waals surface area contributed by atoms with Crippen molar-refractivity contribution in [1.29, 1.82) is 0 Å². The number of para-hydroxylation sites is 1. The first-order chi connectivity index (χ1) is 11.0. The second-order valence-electron chi connectivity index (χ2n) is 5.64. The van der Waals surface area contributed by atoms with Gasteiger partial charge >= 0.3 is 0 Å². The lowest BCUT2D eigenvalue weighted by Gasteiger charge is -2.17. The number of thiazole rings is 1. The fourth-order valence-electron chi connectivity index (χ4n) is 2.44. The van der Waals surface area contributed by atoms with Gasteiger partial charge in [0.25, 0.3) is 5.91 Å². The lowest BCUT2D eigenvalue weighted by molar-refractivity contribution is 0.0782. The Kier molecular flexibility index (Phi) is 4.05. The minimum atomic E-state index is -0.204. The molecule has 1 heterocycles. The molecule has 0 bridgehead atoms. The zero-order chi connectivity index (χ0) is 16.6. The average molecular weight is 326 g/mol. The van der Waals surface area contributed by atoms with Crippen LogP contribution in [0.25, 0.3) is 10.2 Å². The number of carbonyl (C=O) groups excluding carboxylic acids is 1. The van der Waals surface area contributed by atoms with E-state index in [1.165, 1.54) is 0 Å². The fraction of sp³-hybridized carbons (Fsp3) is 0.222. The quantitative estimate of drug-likeness (QED) is 0.794. The summed E-state index contributed by atoms with van der Waals surface area (Å²) in [6, 6.07) is 11.4. The molecule has 0 atom stereocenters. The number of rotatable bonds is 3. The molecule has 118 valence electrons. The van der Waals surface area contributed by atoms with Crippen molar-refractivity contribution in [2.75, 3.05) is 7.05 Å². The maximum atomic E-state index is 12.6. The van der Waals surface area contributed by atoms with Crippen molar-refractivity contribution >= 4 is 27.5 Å². The molecule has 0 radical (unpaired) electrons. The van der Waals surface area contributed by atoms with Crippen LogP contribution in [0.3, 0.4) is 0 Å². The Bertz CT molecular complexity index is 853. The maximum Gasteiger partial charge on any atom is 0.257 e. The van der Waals surface area contributed by atoms with E-state index in [0.29, 0.717) is 12.1 Å². The molecule has 1 amide bonds. The molecule has 1 aromatic heterocycles. The fourth-order valence-corrected chi connectivity index (χ4v) is 3.46. The third-order valence-corrected chi connectivity index (χ3v) is 5.01. The Morgan fingerprint density at radius 1 is 1.22 bits per heavy atom. The van der Waals surface area contributed by atoms with Gasteiger partial charge in [-0.1, -0.05) is 18.2 Å².